The number of benzene rings is 1. The van der Waals surface area contributed by atoms with Gasteiger partial charge in [0.15, 0.2) is 12.6 Å². The SMILES string of the molecule is CC[C@H]1OC(=O)[C@H](C)[C@@H](O[C@H]2C[C@@](C)(OC)C[C@H](C)O2)C[C@@H](O[C@H]2C[C@@H](N(C)CC/C(N)=C/N(N)[C@H](CF)Cc3ccc(-c4ccc(F)nc4)cc3)C[C@@H](C)O2)[C@](C)(O)C[C@@H](C)CN(C)[C@H](C)[C@@H](O)[C@]1(C)O. The van der Waals surface area contributed by atoms with Gasteiger partial charge in [0.05, 0.1) is 47.6 Å². The van der Waals surface area contributed by atoms with E-state index in [4.69, 9.17) is 40.0 Å². The molecule has 4 heterocycles. The lowest BCUT2D eigenvalue weighted by molar-refractivity contribution is -0.279. The van der Waals surface area contributed by atoms with Crippen LogP contribution in [0, 0.1) is 17.8 Å². The number of hydrogen-bond acceptors (Lipinski definition) is 16. The van der Waals surface area contributed by atoms with Crippen LogP contribution in [0.2, 0.25) is 0 Å². The molecule has 0 amide bonds. The van der Waals surface area contributed by atoms with Crippen LogP contribution in [0.3, 0.4) is 0 Å². The number of aromatic nitrogens is 1. The minimum absolute atomic E-state index is 0.0101. The zero-order chi connectivity index (χ0) is 53.3. The molecule has 3 aliphatic rings. The lowest BCUT2D eigenvalue weighted by Gasteiger charge is -2.45. The number of alkyl halides is 1. The van der Waals surface area contributed by atoms with Gasteiger partial charge in [-0.05, 0) is 117 Å². The molecule has 72 heavy (non-hydrogen) atoms. The van der Waals surface area contributed by atoms with Gasteiger partial charge in [-0.3, -0.25) is 4.79 Å². The molecule has 18 heteroatoms. The van der Waals surface area contributed by atoms with Gasteiger partial charge in [-0.15, -0.1) is 0 Å². The normalized spacial score (nSPS) is 36.6. The zero-order valence-corrected chi connectivity index (χ0v) is 45.0. The number of halogens is 2. The number of ether oxygens (including phenoxy) is 6. The van der Waals surface area contributed by atoms with Gasteiger partial charge in [-0.25, -0.2) is 15.2 Å². The second-order valence-electron chi connectivity index (χ2n) is 22.1. The quantitative estimate of drug-likeness (QED) is 0.0547. The van der Waals surface area contributed by atoms with Gasteiger partial charge >= 0.3 is 5.97 Å². The minimum atomic E-state index is -1.79. The van der Waals surface area contributed by atoms with Crippen LogP contribution in [0.1, 0.15) is 119 Å². The highest BCUT2D eigenvalue weighted by molar-refractivity contribution is 5.73. The molecule has 2 aromatic rings. The minimum Gasteiger partial charge on any atom is -0.459 e. The number of aliphatic hydroxyl groups excluding tert-OH is 1. The molecule has 3 aliphatic heterocycles. The highest BCUT2D eigenvalue weighted by Gasteiger charge is 2.48. The first-order chi connectivity index (χ1) is 33.8. The third-order valence-electron chi connectivity index (χ3n) is 15.5. The molecular weight excluding hydrogens is 931 g/mol. The number of pyridine rings is 1. The molecule has 3 fully saturated rings. The lowest BCUT2D eigenvalue weighted by Crippen LogP contribution is -2.59. The number of hydrazine groups is 1. The summed E-state index contributed by atoms with van der Waals surface area (Å²) in [7, 11) is 5.53. The number of carbonyl (C=O) groups excluding carboxylic acids is 1. The molecule has 1 aromatic heterocycles. The number of rotatable bonds is 16. The lowest BCUT2D eigenvalue weighted by atomic mass is 9.83. The molecule has 0 bridgehead atoms. The van der Waals surface area contributed by atoms with Crippen LogP contribution in [-0.4, -0.2) is 166 Å². The summed E-state index contributed by atoms with van der Waals surface area (Å²) in [6, 6.07) is 9.32. The van der Waals surface area contributed by atoms with E-state index in [1.165, 1.54) is 24.2 Å². The van der Waals surface area contributed by atoms with Gasteiger partial charge in [0.2, 0.25) is 5.95 Å². The van der Waals surface area contributed by atoms with Crippen LogP contribution >= 0.6 is 0 Å². The Labute approximate surface area is 427 Å². The van der Waals surface area contributed by atoms with Gasteiger partial charge in [0.25, 0.3) is 0 Å². The summed E-state index contributed by atoms with van der Waals surface area (Å²) in [5.41, 5.74) is 5.71. The number of aliphatic hydroxyl groups is 3. The van der Waals surface area contributed by atoms with Gasteiger partial charge in [-0.1, -0.05) is 38.1 Å². The third kappa shape index (κ3) is 16.1. The van der Waals surface area contributed by atoms with E-state index in [9.17, 15) is 28.9 Å². The topological polar surface area (TPSA) is 208 Å². The number of hydrogen-bond donors (Lipinski definition) is 5. The number of likely N-dealkylation sites (N-methyl/N-ethyl adjacent to an activating group) is 1. The van der Waals surface area contributed by atoms with Crippen molar-refractivity contribution in [3.8, 4) is 11.1 Å². The second-order valence-corrected chi connectivity index (χ2v) is 22.1. The van der Waals surface area contributed by atoms with E-state index in [-0.39, 0.29) is 43.4 Å². The molecule has 0 saturated carbocycles. The van der Waals surface area contributed by atoms with Gasteiger partial charge in [0.1, 0.15) is 24.5 Å². The number of nitrogens with two attached hydrogens (primary N) is 2. The fraction of sp³-hybridized carbons (Fsp3) is 0.741. The van der Waals surface area contributed by atoms with Crippen molar-refractivity contribution in [2.75, 3.05) is 41.0 Å². The molecular formula is C54H88F2N6O10. The highest BCUT2D eigenvalue weighted by atomic mass is 19.1. The summed E-state index contributed by atoms with van der Waals surface area (Å²) in [4.78, 5) is 22.2. The van der Waals surface area contributed by atoms with Crippen molar-refractivity contribution in [1.29, 1.82) is 0 Å². The van der Waals surface area contributed by atoms with Crippen molar-refractivity contribution in [1.82, 2.24) is 19.8 Å². The molecule has 16 nitrogen and oxygen atoms in total. The molecule has 16 atom stereocenters. The summed E-state index contributed by atoms with van der Waals surface area (Å²) < 4.78 is 66.3. The molecule has 0 unspecified atom stereocenters. The Morgan fingerprint density at radius 1 is 0.972 bits per heavy atom. The smallest absolute Gasteiger partial charge is 0.311 e. The summed E-state index contributed by atoms with van der Waals surface area (Å²) >= 11 is 0. The third-order valence-corrected chi connectivity index (χ3v) is 15.5. The Hall–Kier alpha value is -3.40. The average molecular weight is 1020 g/mol. The van der Waals surface area contributed by atoms with Crippen LogP contribution in [-0.2, 0) is 39.6 Å². The molecule has 408 valence electrons. The van der Waals surface area contributed by atoms with E-state index < -0.39 is 90.4 Å². The maximum atomic E-state index is 14.4. The Morgan fingerprint density at radius 2 is 1.64 bits per heavy atom. The van der Waals surface area contributed by atoms with Crippen LogP contribution in [0.15, 0.2) is 54.5 Å². The van der Waals surface area contributed by atoms with Gasteiger partial charge in [0, 0.05) is 88.0 Å². The Balaban J connectivity index is 1.33. The first kappa shape index (κ1) is 59.5. The predicted molar refractivity (Wildman–Crippen MR) is 272 cm³/mol. The fourth-order valence-corrected chi connectivity index (χ4v) is 10.8. The molecule has 0 radical (unpaired) electrons. The zero-order valence-electron chi connectivity index (χ0n) is 45.0. The van der Waals surface area contributed by atoms with Crippen molar-refractivity contribution < 1.29 is 57.3 Å². The predicted octanol–water partition coefficient (Wildman–Crippen LogP) is 6.23. The fourth-order valence-electron chi connectivity index (χ4n) is 10.8. The van der Waals surface area contributed by atoms with E-state index in [0.29, 0.717) is 57.3 Å². The van der Waals surface area contributed by atoms with E-state index >= 15 is 0 Å². The van der Waals surface area contributed by atoms with Gasteiger partial charge in [-0.2, -0.15) is 4.39 Å². The highest BCUT2D eigenvalue weighted by Crippen LogP contribution is 2.38. The van der Waals surface area contributed by atoms with Crippen molar-refractivity contribution in [2.24, 2.45) is 23.4 Å². The van der Waals surface area contributed by atoms with Crippen LogP contribution in [0.25, 0.3) is 11.1 Å². The van der Waals surface area contributed by atoms with Crippen molar-refractivity contribution >= 4 is 5.97 Å². The standard InChI is InChI=1S/C54H88F2N6O10/c1-13-45-54(9,66)50(63)37(6)61(11)31-33(2)26-53(8,65)46(25-44(36(5)51(64)72-45)70-49-28-52(7,67-12)27-35(4)69-49)71-48-24-42(22-34(3)68-48)60(10)21-20-41(57)32-62(58)43(29-55)23-38-14-16-39(17-15-38)40-18-19-47(56)59-30-40/h14-19,30,32-37,42-46,48-50,63,65-66H,13,20-29,31,57-58H2,1-12H3/b41-32-/t33-,34-,35+,36-,37-,42+,43+,44+,45-,46-,48+,49+,50-,52+,53-,54-/m1/s1. The Bertz CT molecular complexity index is 2020. The van der Waals surface area contributed by atoms with Crippen LogP contribution < -0.4 is 11.6 Å². The molecule has 5 rings (SSSR count). The van der Waals surface area contributed by atoms with Crippen LogP contribution in [0.5, 0.6) is 0 Å². The summed E-state index contributed by atoms with van der Waals surface area (Å²) in [5.74, 6) is 4.16. The van der Waals surface area contributed by atoms with Crippen molar-refractivity contribution in [3.05, 3.63) is 66.0 Å². The van der Waals surface area contributed by atoms with Crippen molar-refractivity contribution in [3.63, 3.8) is 0 Å². The Kier molecular flexibility index (Phi) is 21.4. The summed E-state index contributed by atoms with van der Waals surface area (Å²) in [5, 5.41) is 37.4. The molecule has 7 N–H and O–H groups in total. The second kappa shape index (κ2) is 25.9. The van der Waals surface area contributed by atoms with E-state index in [0.717, 1.165) is 16.7 Å². The van der Waals surface area contributed by atoms with Gasteiger partial charge < -0.3 is 64.3 Å². The molecule has 0 spiro atoms. The number of methoxy groups -OCH3 is 1. The van der Waals surface area contributed by atoms with E-state index in [2.05, 4.69) is 9.88 Å². The van der Waals surface area contributed by atoms with E-state index in [1.54, 1.807) is 40.1 Å². The summed E-state index contributed by atoms with van der Waals surface area (Å²) in [6.07, 6.45) is 0.534. The van der Waals surface area contributed by atoms with Crippen LogP contribution in [0.4, 0.5) is 8.78 Å². The molecule has 1 aromatic carbocycles. The maximum absolute atomic E-state index is 14.4. The van der Waals surface area contributed by atoms with Crippen molar-refractivity contribution in [2.45, 2.75) is 204 Å². The van der Waals surface area contributed by atoms with E-state index in [1.807, 2.05) is 77.9 Å². The first-order valence-electron chi connectivity index (χ1n) is 25.9. The maximum Gasteiger partial charge on any atom is 0.311 e. The monoisotopic (exact) mass is 1020 g/mol. The largest absolute Gasteiger partial charge is 0.459 e. The number of esters is 1. The average Bonchev–Trinajstić information content (AvgIpc) is 3.32. The molecule has 3 saturated heterocycles. The summed E-state index contributed by atoms with van der Waals surface area (Å²) in [6.45, 7) is 16.9. The first-order valence-corrected chi connectivity index (χ1v) is 25.9. The Morgan fingerprint density at radius 3 is 2.26 bits per heavy atom. The number of carbonyl (C=O) groups is 1. The number of nitrogens with zero attached hydrogens (tertiary/aromatic N) is 4. The number of cyclic esters (lactones) is 1. The molecule has 0 aliphatic carbocycles.